The van der Waals surface area contributed by atoms with Crippen LogP contribution in [0, 0.1) is 0 Å². The molecule has 2 rings (SSSR count). The van der Waals surface area contributed by atoms with Crippen molar-refractivity contribution in [3.05, 3.63) is 40.7 Å². The first kappa shape index (κ1) is 21.0. The number of hydrogen-bond donors (Lipinski definition) is 2. The third-order valence-electron chi connectivity index (χ3n) is 3.66. The molecule has 0 aliphatic carbocycles. The molecule has 0 unspecified atom stereocenters. The Morgan fingerprint density at radius 2 is 1.81 bits per heavy atom. The number of halogens is 4. The lowest BCUT2D eigenvalue weighted by atomic mass is 10.1. The molecule has 1 aromatic carbocycles. The first-order valence-electron chi connectivity index (χ1n) is 8.39. The summed E-state index contributed by atoms with van der Waals surface area (Å²) in [6.07, 6.45) is -4.42. The van der Waals surface area contributed by atoms with Crippen molar-refractivity contribution >= 4 is 23.3 Å². The van der Waals surface area contributed by atoms with Gasteiger partial charge < -0.3 is 10.6 Å². The molecule has 0 saturated heterocycles. The molecule has 9 heteroatoms. The van der Waals surface area contributed by atoms with Crippen LogP contribution in [0.1, 0.15) is 38.1 Å². The molecule has 0 saturated carbocycles. The van der Waals surface area contributed by atoms with Crippen molar-refractivity contribution in [1.29, 1.82) is 0 Å². The van der Waals surface area contributed by atoms with E-state index in [1.54, 1.807) is 6.92 Å². The van der Waals surface area contributed by atoms with Gasteiger partial charge in [0.25, 0.3) is 0 Å². The first-order valence-corrected chi connectivity index (χ1v) is 8.76. The topological polar surface area (TPSA) is 66.9 Å². The van der Waals surface area contributed by atoms with Gasteiger partial charge in [0.2, 0.25) is 5.91 Å². The molecule has 0 fully saturated rings. The van der Waals surface area contributed by atoms with Gasteiger partial charge in [0.15, 0.2) is 0 Å². The van der Waals surface area contributed by atoms with E-state index in [-0.39, 0.29) is 29.2 Å². The van der Waals surface area contributed by atoms with Crippen LogP contribution < -0.4 is 10.6 Å². The van der Waals surface area contributed by atoms with Crippen LogP contribution in [0.4, 0.5) is 19.0 Å². The van der Waals surface area contributed by atoms with E-state index in [0.29, 0.717) is 23.6 Å². The number of nitrogens with zero attached hydrogens (tertiary/aromatic N) is 2. The van der Waals surface area contributed by atoms with Gasteiger partial charge >= 0.3 is 6.18 Å². The number of rotatable bonds is 6. The van der Waals surface area contributed by atoms with Crippen LogP contribution in [0.5, 0.6) is 0 Å². The van der Waals surface area contributed by atoms with E-state index in [9.17, 15) is 18.0 Å². The molecule has 0 spiro atoms. The van der Waals surface area contributed by atoms with Crippen molar-refractivity contribution in [1.82, 2.24) is 15.3 Å². The zero-order valence-corrected chi connectivity index (χ0v) is 15.9. The van der Waals surface area contributed by atoms with Gasteiger partial charge in [0.1, 0.15) is 16.7 Å². The van der Waals surface area contributed by atoms with E-state index >= 15 is 0 Å². The highest BCUT2D eigenvalue weighted by molar-refractivity contribution is 6.35. The molecule has 0 aliphatic rings. The number of anilines is 1. The molecule has 1 aromatic heterocycles. The number of amides is 1. The Labute approximate surface area is 160 Å². The van der Waals surface area contributed by atoms with Crippen LogP contribution in [0.3, 0.4) is 0 Å². The van der Waals surface area contributed by atoms with Gasteiger partial charge in [-0.15, -0.1) is 0 Å². The van der Waals surface area contributed by atoms with E-state index in [1.807, 2.05) is 13.8 Å². The Balaban J connectivity index is 2.41. The van der Waals surface area contributed by atoms with E-state index in [4.69, 9.17) is 11.6 Å². The Morgan fingerprint density at radius 1 is 1.19 bits per heavy atom. The second-order valence-electron chi connectivity index (χ2n) is 6.13. The molecule has 1 heterocycles. The zero-order chi connectivity index (χ0) is 20.2. The summed E-state index contributed by atoms with van der Waals surface area (Å²) in [7, 11) is 0. The summed E-state index contributed by atoms with van der Waals surface area (Å²) in [5.74, 6) is 0.457. The van der Waals surface area contributed by atoms with Gasteiger partial charge in [-0.2, -0.15) is 13.2 Å². The zero-order valence-electron chi connectivity index (χ0n) is 15.1. The minimum Gasteiger partial charge on any atom is -0.360 e. The van der Waals surface area contributed by atoms with Gasteiger partial charge in [-0.05, 0) is 19.1 Å². The van der Waals surface area contributed by atoms with E-state index in [0.717, 1.165) is 12.1 Å². The van der Waals surface area contributed by atoms with Crippen LogP contribution in [-0.4, -0.2) is 29.0 Å². The van der Waals surface area contributed by atoms with E-state index in [2.05, 4.69) is 20.6 Å². The third-order valence-corrected chi connectivity index (χ3v) is 4.02. The maximum atomic E-state index is 12.8. The number of carbonyl (C=O) groups excluding carboxylic acids is 1. The maximum absolute atomic E-state index is 12.8. The molecule has 2 aromatic rings. The molecule has 5 nitrogen and oxygen atoms in total. The van der Waals surface area contributed by atoms with Crippen LogP contribution >= 0.6 is 11.6 Å². The molecule has 27 heavy (non-hydrogen) atoms. The smallest absolute Gasteiger partial charge is 0.360 e. The summed E-state index contributed by atoms with van der Waals surface area (Å²) in [5, 5.41) is 5.65. The molecule has 146 valence electrons. The lowest BCUT2D eigenvalue weighted by Crippen LogP contribution is -2.29. The normalized spacial score (nSPS) is 11.6. The minimum absolute atomic E-state index is 0.0332. The lowest BCUT2D eigenvalue weighted by Gasteiger charge is -2.15. The lowest BCUT2D eigenvalue weighted by molar-refractivity contribution is -0.137. The number of carbonyl (C=O) groups is 1. The molecule has 0 radical (unpaired) electrons. The molecular formula is C18H20ClF3N4O. The molecule has 2 N–H and O–H groups in total. The average molecular weight is 401 g/mol. The standard InChI is InChI=1S/C18H20ClF3N4O/c1-4-23-13(27)9-24-17-14(19)15(25-16(26-17)10(2)3)11-5-7-12(8-6-11)18(20,21)22/h5-8,10H,4,9H2,1-3H3,(H,23,27)(H,24,25,26). The number of benzene rings is 1. The highest BCUT2D eigenvalue weighted by atomic mass is 35.5. The van der Waals surface area contributed by atoms with Crippen molar-refractivity contribution in [2.75, 3.05) is 18.4 Å². The van der Waals surface area contributed by atoms with Gasteiger partial charge in [0.05, 0.1) is 17.8 Å². The third kappa shape index (κ3) is 5.32. The number of nitrogens with one attached hydrogen (secondary N) is 2. The average Bonchev–Trinajstić information content (AvgIpc) is 2.60. The summed E-state index contributed by atoms with van der Waals surface area (Å²) in [6, 6.07) is 4.58. The number of hydrogen-bond acceptors (Lipinski definition) is 4. The Bertz CT molecular complexity index is 807. The Morgan fingerprint density at radius 3 is 2.33 bits per heavy atom. The summed E-state index contributed by atoms with van der Waals surface area (Å²) < 4.78 is 38.3. The van der Waals surface area contributed by atoms with Crippen LogP contribution in [0.25, 0.3) is 11.3 Å². The fourth-order valence-electron chi connectivity index (χ4n) is 2.27. The number of likely N-dealkylation sites (N-methyl/N-ethyl adjacent to an activating group) is 1. The van der Waals surface area contributed by atoms with Crippen molar-refractivity contribution in [3.63, 3.8) is 0 Å². The summed E-state index contributed by atoms with van der Waals surface area (Å²) in [6.45, 7) is 6.02. The highest BCUT2D eigenvalue weighted by Crippen LogP contribution is 2.35. The largest absolute Gasteiger partial charge is 0.416 e. The van der Waals surface area contributed by atoms with Crippen molar-refractivity contribution in [2.45, 2.75) is 32.9 Å². The molecule has 1 amide bonds. The minimum atomic E-state index is -4.42. The maximum Gasteiger partial charge on any atom is 0.416 e. The van der Waals surface area contributed by atoms with E-state index in [1.165, 1.54) is 12.1 Å². The predicted octanol–water partition coefficient (Wildman–Crippen LogP) is 4.49. The summed E-state index contributed by atoms with van der Waals surface area (Å²) in [5.41, 5.74) is -0.0176. The molecule has 0 atom stereocenters. The monoisotopic (exact) mass is 400 g/mol. The second kappa shape index (κ2) is 8.56. The van der Waals surface area contributed by atoms with Crippen LogP contribution in [-0.2, 0) is 11.0 Å². The van der Waals surface area contributed by atoms with Crippen molar-refractivity contribution in [3.8, 4) is 11.3 Å². The summed E-state index contributed by atoms with van der Waals surface area (Å²) >= 11 is 6.37. The number of aromatic nitrogens is 2. The highest BCUT2D eigenvalue weighted by Gasteiger charge is 2.30. The quantitative estimate of drug-likeness (QED) is 0.749. The van der Waals surface area contributed by atoms with Gasteiger partial charge in [0, 0.05) is 18.0 Å². The molecular weight excluding hydrogens is 381 g/mol. The predicted molar refractivity (Wildman–Crippen MR) is 98.7 cm³/mol. The second-order valence-corrected chi connectivity index (χ2v) is 6.51. The van der Waals surface area contributed by atoms with Crippen LogP contribution in [0.2, 0.25) is 5.02 Å². The van der Waals surface area contributed by atoms with Crippen molar-refractivity contribution in [2.24, 2.45) is 0 Å². The van der Waals surface area contributed by atoms with Gasteiger partial charge in [-0.3, -0.25) is 4.79 Å². The fourth-order valence-corrected chi connectivity index (χ4v) is 2.53. The summed E-state index contributed by atoms with van der Waals surface area (Å²) in [4.78, 5) is 20.4. The fraction of sp³-hybridized carbons (Fsp3) is 0.389. The van der Waals surface area contributed by atoms with Gasteiger partial charge in [-0.25, -0.2) is 9.97 Å². The van der Waals surface area contributed by atoms with Crippen molar-refractivity contribution < 1.29 is 18.0 Å². The van der Waals surface area contributed by atoms with E-state index < -0.39 is 11.7 Å². The van der Waals surface area contributed by atoms with Gasteiger partial charge in [-0.1, -0.05) is 37.6 Å². The molecule has 0 bridgehead atoms. The Hall–Kier alpha value is -2.35. The van der Waals surface area contributed by atoms with Crippen LogP contribution in [0.15, 0.2) is 24.3 Å². The SMILES string of the molecule is CCNC(=O)CNc1nc(C(C)C)nc(-c2ccc(C(F)(F)F)cc2)c1Cl. The molecule has 0 aliphatic heterocycles. The Kier molecular flexibility index (Phi) is 6.64. The number of alkyl halides is 3. The first-order chi connectivity index (χ1) is 12.6.